The molecule has 2 aromatic rings. The smallest absolute Gasteiger partial charge is 0.143 e. The Morgan fingerprint density at radius 1 is 1.08 bits per heavy atom. The molecule has 3 aliphatic rings. The van der Waals surface area contributed by atoms with E-state index < -0.39 is 0 Å². The fourth-order valence-corrected chi connectivity index (χ4v) is 3.66. The van der Waals surface area contributed by atoms with E-state index in [1.807, 2.05) is 24.3 Å². The highest BCUT2D eigenvalue weighted by molar-refractivity contribution is 5.83. The summed E-state index contributed by atoms with van der Waals surface area (Å²) in [5, 5.41) is 4.23. The fourth-order valence-electron chi connectivity index (χ4n) is 3.66. The van der Waals surface area contributed by atoms with Gasteiger partial charge in [-0.3, -0.25) is 4.90 Å². The lowest BCUT2D eigenvalue weighted by Gasteiger charge is -2.42. The number of oxime groups is 1. The highest BCUT2D eigenvalue weighted by Crippen LogP contribution is 2.29. The van der Waals surface area contributed by atoms with Crippen molar-refractivity contribution in [2.24, 2.45) is 11.1 Å². The first-order chi connectivity index (χ1) is 12.8. The first-order valence-electron chi connectivity index (χ1n) is 9.16. The van der Waals surface area contributed by atoms with E-state index >= 15 is 0 Å². The molecule has 0 N–H and O–H groups in total. The fraction of sp³-hybridized carbons (Fsp3) is 0.381. The predicted molar refractivity (Wildman–Crippen MR) is 98.8 cm³/mol. The van der Waals surface area contributed by atoms with Crippen molar-refractivity contribution in [3.8, 4) is 5.75 Å². The number of para-hydroxylation sites is 1. The summed E-state index contributed by atoms with van der Waals surface area (Å²) in [5.74, 6) is 1.12. The molecular formula is C21H23FN2O2. The summed E-state index contributed by atoms with van der Waals surface area (Å²) in [7, 11) is 0. The molecule has 0 spiro atoms. The molecule has 26 heavy (non-hydrogen) atoms. The van der Waals surface area contributed by atoms with Gasteiger partial charge in [0.2, 0.25) is 0 Å². The van der Waals surface area contributed by atoms with E-state index in [2.05, 4.69) is 10.1 Å². The van der Waals surface area contributed by atoms with Crippen LogP contribution in [0.15, 0.2) is 53.7 Å². The van der Waals surface area contributed by atoms with Crippen LogP contribution in [0, 0.1) is 11.7 Å². The Hall–Kier alpha value is -2.40. The molecule has 1 atom stereocenters. The largest absolute Gasteiger partial charge is 0.488 e. The average molecular weight is 354 g/mol. The summed E-state index contributed by atoms with van der Waals surface area (Å²) >= 11 is 0. The molecule has 0 aliphatic carbocycles. The number of halogens is 1. The van der Waals surface area contributed by atoms with Gasteiger partial charge in [0.15, 0.2) is 0 Å². The molecule has 5 heteroatoms. The van der Waals surface area contributed by atoms with Crippen LogP contribution in [0.5, 0.6) is 5.75 Å². The lowest BCUT2D eigenvalue weighted by atomic mass is 9.86. The first kappa shape index (κ1) is 17.0. The van der Waals surface area contributed by atoms with Crippen molar-refractivity contribution >= 4 is 6.21 Å². The third-order valence-electron chi connectivity index (χ3n) is 5.21. The van der Waals surface area contributed by atoms with Gasteiger partial charge in [-0.05, 0) is 55.8 Å². The molecule has 1 unspecified atom stereocenters. The quantitative estimate of drug-likeness (QED) is 0.584. The Morgan fingerprint density at radius 3 is 2.58 bits per heavy atom. The Kier molecular flexibility index (Phi) is 5.16. The molecular weight excluding hydrogens is 331 g/mol. The van der Waals surface area contributed by atoms with Crippen LogP contribution < -0.4 is 4.74 Å². The van der Waals surface area contributed by atoms with Crippen molar-refractivity contribution in [3.05, 3.63) is 65.5 Å². The lowest BCUT2D eigenvalue weighted by molar-refractivity contribution is -0.0675. The van der Waals surface area contributed by atoms with Crippen molar-refractivity contribution in [1.82, 2.24) is 4.90 Å². The highest BCUT2D eigenvalue weighted by Gasteiger charge is 2.35. The van der Waals surface area contributed by atoms with Crippen LogP contribution in [-0.4, -0.2) is 36.9 Å². The zero-order valence-electron chi connectivity index (χ0n) is 14.7. The van der Waals surface area contributed by atoms with Crippen LogP contribution in [0.2, 0.25) is 0 Å². The Labute approximate surface area is 153 Å². The number of rotatable bonds is 6. The molecule has 0 saturated carbocycles. The number of nitrogens with zero attached hydrogens (tertiary/aromatic N) is 2. The van der Waals surface area contributed by atoms with Gasteiger partial charge >= 0.3 is 0 Å². The second-order valence-corrected chi connectivity index (χ2v) is 6.97. The first-order valence-corrected chi connectivity index (χ1v) is 9.16. The van der Waals surface area contributed by atoms with Gasteiger partial charge in [-0.15, -0.1) is 0 Å². The maximum atomic E-state index is 13.0. The average Bonchev–Trinajstić information content (AvgIpc) is 2.69. The highest BCUT2D eigenvalue weighted by atomic mass is 19.1. The number of fused-ring (bicyclic) bond motifs is 3. The van der Waals surface area contributed by atoms with Gasteiger partial charge in [0, 0.05) is 18.0 Å². The van der Waals surface area contributed by atoms with E-state index in [9.17, 15) is 4.39 Å². The lowest BCUT2D eigenvalue weighted by Crippen LogP contribution is -2.50. The van der Waals surface area contributed by atoms with E-state index in [-0.39, 0.29) is 11.9 Å². The third-order valence-corrected chi connectivity index (χ3v) is 5.21. The Morgan fingerprint density at radius 2 is 1.85 bits per heavy atom. The minimum Gasteiger partial charge on any atom is -0.488 e. The van der Waals surface area contributed by atoms with Gasteiger partial charge in [0.1, 0.15) is 24.3 Å². The molecule has 3 aliphatic heterocycles. The van der Waals surface area contributed by atoms with E-state index in [1.165, 1.54) is 38.1 Å². The van der Waals surface area contributed by atoms with Gasteiger partial charge in [-0.2, -0.15) is 0 Å². The van der Waals surface area contributed by atoms with Crippen molar-refractivity contribution in [2.75, 3.05) is 19.6 Å². The van der Waals surface area contributed by atoms with E-state index in [0.717, 1.165) is 23.4 Å². The van der Waals surface area contributed by atoms with E-state index in [4.69, 9.17) is 9.57 Å². The van der Waals surface area contributed by atoms with Gasteiger partial charge in [0.25, 0.3) is 0 Å². The van der Waals surface area contributed by atoms with Crippen molar-refractivity contribution in [3.63, 3.8) is 0 Å². The van der Waals surface area contributed by atoms with Gasteiger partial charge < -0.3 is 9.57 Å². The summed E-state index contributed by atoms with van der Waals surface area (Å²) in [4.78, 5) is 8.23. The second kappa shape index (κ2) is 7.87. The molecule has 4 nitrogen and oxygen atoms in total. The zero-order valence-corrected chi connectivity index (χ0v) is 14.7. The molecule has 2 bridgehead atoms. The maximum Gasteiger partial charge on any atom is 0.143 e. The molecule has 2 aromatic carbocycles. The summed E-state index contributed by atoms with van der Waals surface area (Å²) < 4.78 is 18.9. The summed E-state index contributed by atoms with van der Waals surface area (Å²) in [6.45, 7) is 3.74. The Balaban J connectivity index is 1.36. The summed E-state index contributed by atoms with van der Waals surface area (Å²) in [6.07, 6.45) is 4.33. The van der Waals surface area contributed by atoms with Crippen LogP contribution in [0.25, 0.3) is 0 Å². The SMILES string of the molecule is Fc1ccc(COc2ccccc2/C=N/OC2CN3CCC2CC3)cc1. The molecule has 3 heterocycles. The number of benzene rings is 2. The minimum absolute atomic E-state index is 0.195. The van der Waals surface area contributed by atoms with E-state index in [0.29, 0.717) is 12.5 Å². The standard InChI is InChI=1S/C21H23FN2O2/c22-19-7-5-16(6-8-19)15-25-20-4-2-1-3-18(20)13-23-26-21-14-24-11-9-17(21)10-12-24/h1-8,13,17,21H,9-12,14-15H2/b23-13+. The molecule has 3 fully saturated rings. The molecule has 0 aromatic heterocycles. The van der Waals surface area contributed by atoms with Crippen LogP contribution in [-0.2, 0) is 11.4 Å². The van der Waals surface area contributed by atoms with Crippen molar-refractivity contribution in [2.45, 2.75) is 25.6 Å². The maximum absolute atomic E-state index is 13.0. The van der Waals surface area contributed by atoms with Crippen LogP contribution in [0.4, 0.5) is 4.39 Å². The Bertz CT molecular complexity index is 755. The van der Waals surface area contributed by atoms with Gasteiger partial charge in [0.05, 0.1) is 6.21 Å². The van der Waals surface area contributed by atoms with E-state index in [1.54, 1.807) is 18.3 Å². The van der Waals surface area contributed by atoms with Crippen LogP contribution in [0.1, 0.15) is 24.0 Å². The van der Waals surface area contributed by atoms with Crippen LogP contribution >= 0.6 is 0 Å². The van der Waals surface area contributed by atoms with Crippen LogP contribution in [0.3, 0.4) is 0 Å². The number of hydrogen-bond acceptors (Lipinski definition) is 4. The number of piperidine rings is 3. The summed E-state index contributed by atoms with van der Waals surface area (Å²) in [5.41, 5.74) is 1.79. The zero-order chi connectivity index (χ0) is 17.8. The monoisotopic (exact) mass is 354 g/mol. The van der Waals surface area contributed by atoms with Crippen molar-refractivity contribution in [1.29, 1.82) is 0 Å². The molecule has 0 amide bonds. The third kappa shape index (κ3) is 4.05. The van der Waals surface area contributed by atoms with Gasteiger partial charge in [-0.1, -0.05) is 29.4 Å². The molecule has 3 saturated heterocycles. The second-order valence-electron chi connectivity index (χ2n) is 6.97. The predicted octanol–water partition coefficient (Wildman–Crippen LogP) is 3.85. The van der Waals surface area contributed by atoms with Gasteiger partial charge in [-0.25, -0.2) is 4.39 Å². The number of hydrogen-bond donors (Lipinski definition) is 0. The minimum atomic E-state index is -0.244. The summed E-state index contributed by atoms with van der Waals surface area (Å²) in [6, 6.07) is 14.0. The van der Waals surface area contributed by atoms with Crippen molar-refractivity contribution < 1.29 is 14.0 Å². The normalized spacial score (nSPS) is 24.7. The number of ether oxygens (including phenoxy) is 1. The molecule has 0 radical (unpaired) electrons. The molecule has 5 rings (SSSR count). The molecule has 136 valence electrons. The topological polar surface area (TPSA) is 34.1 Å².